The molecule has 0 aliphatic carbocycles. The van der Waals surface area contributed by atoms with E-state index < -0.39 is 0 Å². The number of hydrogen-bond donors (Lipinski definition) is 0. The Kier molecular flexibility index (Phi) is 1.25. The molecule has 0 radical (unpaired) electrons. The van der Waals surface area contributed by atoms with Crippen LogP contribution in [-0.4, -0.2) is 11.0 Å². The maximum atomic E-state index is 5.59. The Morgan fingerprint density at radius 3 is 3.23 bits per heavy atom. The zero-order valence-electron chi connectivity index (χ0n) is 7.10. The molecule has 2 heteroatoms. The Hall–Kier alpha value is -1.70. The van der Waals surface area contributed by atoms with Crippen molar-refractivity contribution in [3.8, 4) is 5.75 Å². The fourth-order valence-corrected chi connectivity index (χ4v) is 1.70. The van der Waals surface area contributed by atoms with Gasteiger partial charge >= 0.3 is 0 Å². The van der Waals surface area contributed by atoms with Gasteiger partial charge in [0.05, 0.1) is 5.52 Å². The lowest BCUT2D eigenvalue weighted by Crippen LogP contribution is -2.01. The SMILES string of the molecule is C1=Cc2ccn3cccc3c2OC1. The van der Waals surface area contributed by atoms with Gasteiger partial charge in [0.1, 0.15) is 6.61 Å². The van der Waals surface area contributed by atoms with E-state index in [1.165, 1.54) is 0 Å². The third-order valence-electron chi connectivity index (χ3n) is 2.31. The lowest BCUT2D eigenvalue weighted by molar-refractivity contribution is 0.361. The molecule has 0 atom stereocenters. The number of pyridine rings is 1. The predicted octanol–water partition coefficient (Wildman–Crippen LogP) is 2.34. The van der Waals surface area contributed by atoms with Crippen molar-refractivity contribution < 1.29 is 4.74 Å². The monoisotopic (exact) mass is 171 g/mol. The van der Waals surface area contributed by atoms with Crippen molar-refractivity contribution in [2.24, 2.45) is 0 Å². The summed E-state index contributed by atoms with van der Waals surface area (Å²) in [7, 11) is 0. The number of ether oxygens (including phenoxy) is 1. The molecule has 1 aliphatic rings. The second-order valence-electron chi connectivity index (χ2n) is 3.11. The molecule has 3 rings (SSSR count). The van der Waals surface area contributed by atoms with E-state index in [-0.39, 0.29) is 0 Å². The first-order chi connectivity index (χ1) is 6.45. The summed E-state index contributed by atoms with van der Waals surface area (Å²) in [6, 6.07) is 6.16. The van der Waals surface area contributed by atoms with Crippen LogP contribution in [0.25, 0.3) is 11.6 Å². The van der Waals surface area contributed by atoms with Gasteiger partial charge in [0.25, 0.3) is 0 Å². The van der Waals surface area contributed by atoms with Crippen LogP contribution >= 0.6 is 0 Å². The zero-order valence-corrected chi connectivity index (χ0v) is 7.10. The Labute approximate surface area is 76.1 Å². The van der Waals surface area contributed by atoms with Crippen LogP contribution in [0.3, 0.4) is 0 Å². The van der Waals surface area contributed by atoms with Gasteiger partial charge in [0, 0.05) is 18.0 Å². The van der Waals surface area contributed by atoms with Crippen LogP contribution in [0.5, 0.6) is 5.75 Å². The molecule has 0 fully saturated rings. The molecule has 3 heterocycles. The normalized spacial score (nSPS) is 14.2. The maximum absolute atomic E-state index is 5.59. The highest BCUT2D eigenvalue weighted by Crippen LogP contribution is 2.28. The fraction of sp³-hybridized carbons (Fsp3) is 0.0909. The standard InChI is InChI=1S/C11H9NO/c1-4-10-11-9(3-2-8-13-11)5-7-12(10)6-1/h1-7H,8H2. The van der Waals surface area contributed by atoms with E-state index in [4.69, 9.17) is 4.74 Å². The van der Waals surface area contributed by atoms with Gasteiger partial charge in [-0.3, -0.25) is 0 Å². The third-order valence-corrected chi connectivity index (χ3v) is 2.31. The Bertz CT molecular complexity index is 482. The maximum Gasteiger partial charge on any atom is 0.151 e. The minimum atomic E-state index is 0.678. The Morgan fingerprint density at radius 2 is 2.23 bits per heavy atom. The number of rotatable bonds is 0. The minimum absolute atomic E-state index is 0.678. The number of aromatic nitrogens is 1. The van der Waals surface area contributed by atoms with Crippen LogP contribution < -0.4 is 4.74 Å². The van der Waals surface area contributed by atoms with Gasteiger partial charge in [-0.25, -0.2) is 0 Å². The van der Waals surface area contributed by atoms with Gasteiger partial charge in [-0.2, -0.15) is 0 Å². The Balaban J connectivity index is 2.42. The number of hydrogen-bond acceptors (Lipinski definition) is 1. The van der Waals surface area contributed by atoms with Crippen molar-refractivity contribution in [1.29, 1.82) is 0 Å². The van der Waals surface area contributed by atoms with Gasteiger partial charge in [0.15, 0.2) is 5.75 Å². The first-order valence-electron chi connectivity index (χ1n) is 4.34. The first kappa shape index (κ1) is 6.78. The third kappa shape index (κ3) is 0.886. The van der Waals surface area contributed by atoms with Crippen LogP contribution in [-0.2, 0) is 0 Å². The fourth-order valence-electron chi connectivity index (χ4n) is 1.70. The van der Waals surface area contributed by atoms with Gasteiger partial charge in [0.2, 0.25) is 0 Å². The molecule has 0 saturated carbocycles. The molecule has 2 nitrogen and oxygen atoms in total. The second-order valence-corrected chi connectivity index (χ2v) is 3.11. The molecule has 0 saturated heterocycles. The van der Waals surface area contributed by atoms with Gasteiger partial charge < -0.3 is 9.14 Å². The van der Waals surface area contributed by atoms with Crippen molar-refractivity contribution in [2.45, 2.75) is 0 Å². The summed E-state index contributed by atoms with van der Waals surface area (Å²) in [5, 5.41) is 0. The van der Waals surface area contributed by atoms with E-state index in [2.05, 4.69) is 22.6 Å². The zero-order chi connectivity index (χ0) is 8.67. The van der Waals surface area contributed by atoms with Gasteiger partial charge in [-0.15, -0.1) is 0 Å². The van der Waals surface area contributed by atoms with Crippen molar-refractivity contribution >= 4 is 11.6 Å². The molecule has 0 N–H and O–H groups in total. The van der Waals surface area contributed by atoms with E-state index in [0.29, 0.717) is 6.61 Å². The van der Waals surface area contributed by atoms with Crippen LogP contribution in [0.4, 0.5) is 0 Å². The molecular formula is C11H9NO. The molecule has 0 spiro atoms. The highest BCUT2D eigenvalue weighted by Gasteiger charge is 2.08. The molecule has 0 bridgehead atoms. The molecule has 0 amide bonds. The molecule has 0 aromatic carbocycles. The van der Waals surface area contributed by atoms with E-state index in [1.54, 1.807) is 0 Å². The van der Waals surface area contributed by atoms with Crippen LogP contribution in [0.2, 0.25) is 0 Å². The summed E-state index contributed by atoms with van der Waals surface area (Å²) in [5.74, 6) is 0.995. The van der Waals surface area contributed by atoms with E-state index in [1.807, 2.05) is 24.5 Å². The minimum Gasteiger partial charge on any atom is -0.487 e. The number of nitrogens with zero attached hydrogens (tertiary/aromatic N) is 1. The lowest BCUT2D eigenvalue weighted by Gasteiger charge is -2.13. The smallest absolute Gasteiger partial charge is 0.151 e. The summed E-state index contributed by atoms with van der Waals surface area (Å²) in [4.78, 5) is 0. The van der Waals surface area contributed by atoms with Crippen LogP contribution in [0.1, 0.15) is 5.56 Å². The topological polar surface area (TPSA) is 13.6 Å². The van der Waals surface area contributed by atoms with E-state index >= 15 is 0 Å². The van der Waals surface area contributed by atoms with Crippen molar-refractivity contribution in [3.05, 3.63) is 42.2 Å². The molecule has 13 heavy (non-hydrogen) atoms. The second kappa shape index (κ2) is 2.39. The molecule has 2 aromatic rings. The first-order valence-corrected chi connectivity index (χ1v) is 4.34. The molecule has 0 unspecified atom stereocenters. The van der Waals surface area contributed by atoms with Crippen LogP contribution in [0, 0.1) is 0 Å². The largest absolute Gasteiger partial charge is 0.487 e. The van der Waals surface area contributed by atoms with E-state index in [0.717, 1.165) is 16.8 Å². The molecule has 1 aliphatic heterocycles. The molecule has 2 aromatic heterocycles. The summed E-state index contributed by atoms with van der Waals surface area (Å²) in [6.45, 7) is 0.678. The summed E-state index contributed by atoms with van der Waals surface area (Å²) >= 11 is 0. The van der Waals surface area contributed by atoms with E-state index in [9.17, 15) is 0 Å². The van der Waals surface area contributed by atoms with Gasteiger partial charge in [-0.05, 0) is 24.3 Å². The van der Waals surface area contributed by atoms with Crippen molar-refractivity contribution in [3.63, 3.8) is 0 Å². The quantitative estimate of drug-likeness (QED) is 0.593. The molecule has 64 valence electrons. The van der Waals surface area contributed by atoms with Crippen molar-refractivity contribution in [1.82, 2.24) is 4.40 Å². The highest BCUT2D eigenvalue weighted by molar-refractivity contribution is 5.72. The summed E-state index contributed by atoms with van der Waals surface area (Å²) in [5.41, 5.74) is 2.30. The van der Waals surface area contributed by atoms with Gasteiger partial charge in [-0.1, -0.05) is 6.08 Å². The lowest BCUT2D eigenvalue weighted by atomic mass is 10.2. The number of fused-ring (bicyclic) bond motifs is 3. The Morgan fingerprint density at radius 1 is 1.23 bits per heavy atom. The molecular weight excluding hydrogens is 162 g/mol. The summed E-state index contributed by atoms with van der Waals surface area (Å²) < 4.78 is 7.65. The average molecular weight is 171 g/mol. The predicted molar refractivity (Wildman–Crippen MR) is 51.9 cm³/mol. The summed E-state index contributed by atoms with van der Waals surface area (Å²) in [6.07, 6.45) is 8.21. The van der Waals surface area contributed by atoms with Crippen molar-refractivity contribution in [2.75, 3.05) is 6.61 Å². The van der Waals surface area contributed by atoms with Crippen LogP contribution in [0.15, 0.2) is 36.7 Å². The highest BCUT2D eigenvalue weighted by atomic mass is 16.5. The average Bonchev–Trinajstić information content (AvgIpc) is 2.65.